The number of ether oxygens (including phenoxy) is 1. The number of para-hydroxylation sites is 2. The van der Waals surface area contributed by atoms with E-state index in [4.69, 9.17) is 26.3 Å². The minimum absolute atomic E-state index is 0.695. The third-order valence-electron chi connectivity index (χ3n) is 5.15. The van der Waals surface area contributed by atoms with Crippen LogP contribution in [0.1, 0.15) is 22.7 Å². The van der Waals surface area contributed by atoms with Crippen molar-refractivity contribution in [1.29, 1.82) is 0 Å². The lowest BCUT2D eigenvalue weighted by molar-refractivity contribution is 0.417. The van der Waals surface area contributed by atoms with E-state index in [1.807, 2.05) is 59.9 Å². The summed E-state index contributed by atoms with van der Waals surface area (Å²) in [6.07, 6.45) is 3.44. The van der Waals surface area contributed by atoms with Gasteiger partial charge in [0.25, 0.3) is 0 Å². The van der Waals surface area contributed by atoms with Gasteiger partial charge < -0.3 is 10.1 Å². The normalized spacial score (nSPS) is 12.9. The smallest absolute Gasteiger partial charge is 0.143 e. The second kappa shape index (κ2) is 8.46. The van der Waals surface area contributed by atoms with E-state index in [0.29, 0.717) is 5.75 Å². The first-order chi connectivity index (χ1) is 14.7. The Morgan fingerprint density at radius 3 is 2.77 bits per heavy atom. The van der Waals surface area contributed by atoms with Gasteiger partial charge in [0.15, 0.2) is 0 Å². The van der Waals surface area contributed by atoms with Gasteiger partial charge in [0.05, 0.1) is 23.9 Å². The fraction of sp³-hybridized carbons (Fsp3) is 0.217. The number of methoxy groups -OCH3 is 1. The first kappa shape index (κ1) is 19.7. The predicted octanol–water partition coefficient (Wildman–Crippen LogP) is 6.88. The molecule has 1 N–H and O–H groups in total. The van der Waals surface area contributed by atoms with E-state index in [0.717, 1.165) is 50.7 Å². The average molecular weight is 454 g/mol. The Labute approximate surface area is 188 Å². The summed E-state index contributed by atoms with van der Waals surface area (Å²) in [6, 6.07) is 15.8. The zero-order valence-corrected chi connectivity index (χ0v) is 18.8. The summed E-state index contributed by atoms with van der Waals surface area (Å²) < 4.78 is 5.53. The largest absolute Gasteiger partial charge is 0.495 e. The number of rotatable bonds is 6. The van der Waals surface area contributed by atoms with Crippen molar-refractivity contribution in [3.63, 3.8) is 0 Å². The topological polar surface area (TPSA) is 47.0 Å². The van der Waals surface area contributed by atoms with Crippen LogP contribution < -0.4 is 10.1 Å². The number of aryl methyl sites for hydroxylation is 2. The molecule has 7 heteroatoms. The van der Waals surface area contributed by atoms with Crippen LogP contribution in [-0.4, -0.2) is 17.1 Å². The van der Waals surface area contributed by atoms with E-state index < -0.39 is 0 Å². The number of thiophene rings is 1. The Bertz CT molecular complexity index is 1210. The summed E-state index contributed by atoms with van der Waals surface area (Å²) in [7, 11) is 1.69. The average Bonchev–Trinajstić information content (AvgIpc) is 3.35. The van der Waals surface area contributed by atoms with Crippen molar-refractivity contribution in [2.75, 3.05) is 12.4 Å². The van der Waals surface area contributed by atoms with Gasteiger partial charge in [-0.15, -0.1) is 23.1 Å². The molecule has 0 atom stereocenters. The SMILES string of the molecule is COc1ccccc1Nc1nc(CSc2ccc(Cl)cc2)nc2sc3c(c12)CCC3. The van der Waals surface area contributed by atoms with Crippen LogP contribution in [0, 0.1) is 0 Å². The Morgan fingerprint density at radius 1 is 1.10 bits per heavy atom. The molecule has 0 aliphatic heterocycles. The van der Waals surface area contributed by atoms with Crippen molar-refractivity contribution >= 4 is 56.4 Å². The summed E-state index contributed by atoms with van der Waals surface area (Å²) in [4.78, 5) is 13.5. The van der Waals surface area contributed by atoms with Crippen LogP contribution in [0.4, 0.5) is 11.5 Å². The Balaban J connectivity index is 1.52. The van der Waals surface area contributed by atoms with Gasteiger partial charge >= 0.3 is 0 Å². The van der Waals surface area contributed by atoms with E-state index >= 15 is 0 Å². The fourth-order valence-electron chi connectivity index (χ4n) is 3.75. The first-order valence-corrected chi connectivity index (χ1v) is 12.0. The van der Waals surface area contributed by atoms with Crippen LogP contribution in [0.15, 0.2) is 53.4 Å². The van der Waals surface area contributed by atoms with Crippen LogP contribution in [0.2, 0.25) is 5.02 Å². The van der Waals surface area contributed by atoms with Gasteiger partial charge in [-0.3, -0.25) is 0 Å². The molecule has 152 valence electrons. The molecule has 2 heterocycles. The Hall–Kier alpha value is -2.28. The predicted molar refractivity (Wildman–Crippen MR) is 127 cm³/mol. The molecule has 0 bridgehead atoms. The number of thioether (sulfide) groups is 1. The highest BCUT2D eigenvalue weighted by molar-refractivity contribution is 7.98. The van der Waals surface area contributed by atoms with Crippen LogP contribution in [-0.2, 0) is 18.6 Å². The highest BCUT2D eigenvalue weighted by Crippen LogP contribution is 2.41. The Kier molecular flexibility index (Phi) is 5.54. The number of aromatic nitrogens is 2. The number of nitrogens with zero attached hydrogens (tertiary/aromatic N) is 2. The maximum Gasteiger partial charge on any atom is 0.143 e. The second-order valence-electron chi connectivity index (χ2n) is 7.09. The highest BCUT2D eigenvalue weighted by atomic mass is 35.5. The maximum atomic E-state index is 6.00. The van der Waals surface area contributed by atoms with Gasteiger partial charge in [-0.25, -0.2) is 9.97 Å². The number of nitrogens with one attached hydrogen (secondary N) is 1. The van der Waals surface area contributed by atoms with Crippen molar-refractivity contribution in [3.05, 3.63) is 69.8 Å². The number of halogens is 1. The van der Waals surface area contributed by atoms with E-state index in [2.05, 4.69) is 5.32 Å². The molecule has 2 aromatic carbocycles. The zero-order valence-electron chi connectivity index (χ0n) is 16.4. The van der Waals surface area contributed by atoms with Gasteiger partial charge in [-0.1, -0.05) is 23.7 Å². The molecule has 1 aliphatic carbocycles. The quantitative estimate of drug-likeness (QED) is 0.322. The van der Waals surface area contributed by atoms with Crippen molar-refractivity contribution in [2.45, 2.75) is 29.9 Å². The van der Waals surface area contributed by atoms with E-state index in [1.54, 1.807) is 18.9 Å². The molecular weight excluding hydrogens is 434 g/mol. The fourth-order valence-corrected chi connectivity index (χ4v) is 5.91. The minimum Gasteiger partial charge on any atom is -0.495 e. The number of fused-ring (bicyclic) bond motifs is 3. The van der Waals surface area contributed by atoms with Crippen molar-refractivity contribution in [1.82, 2.24) is 9.97 Å². The lowest BCUT2D eigenvalue weighted by Gasteiger charge is -2.13. The molecule has 0 saturated carbocycles. The molecular formula is C23H20ClN3OS2. The monoisotopic (exact) mass is 453 g/mol. The zero-order chi connectivity index (χ0) is 20.5. The third-order valence-corrected chi connectivity index (χ3v) is 7.60. The molecule has 2 aromatic heterocycles. The lowest BCUT2D eigenvalue weighted by Crippen LogP contribution is -2.02. The summed E-state index contributed by atoms with van der Waals surface area (Å²) in [5.74, 6) is 3.18. The summed E-state index contributed by atoms with van der Waals surface area (Å²) in [5.41, 5.74) is 2.32. The van der Waals surface area contributed by atoms with Crippen molar-refractivity contribution in [2.24, 2.45) is 0 Å². The number of benzene rings is 2. The van der Waals surface area contributed by atoms with Gasteiger partial charge in [0.2, 0.25) is 0 Å². The number of hydrogen-bond acceptors (Lipinski definition) is 6. The molecule has 0 saturated heterocycles. The van der Waals surface area contributed by atoms with Crippen LogP contribution in [0.3, 0.4) is 0 Å². The highest BCUT2D eigenvalue weighted by Gasteiger charge is 2.23. The molecule has 0 radical (unpaired) electrons. The van der Waals surface area contributed by atoms with E-state index in [1.165, 1.54) is 22.2 Å². The molecule has 0 fully saturated rings. The third kappa shape index (κ3) is 3.87. The van der Waals surface area contributed by atoms with E-state index in [9.17, 15) is 0 Å². The van der Waals surface area contributed by atoms with Crippen molar-refractivity contribution in [3.8, 4) is 5.75 Å². The number of anilines is 2. The van der Waals surface area contributed by atoms with Gasteiger partial charge in [-0.05, 0) is 61.2 Å². The molecule has 1 aliphatic rings. The molecule has 0 spiro atoms. The number of hydrogen-bond donors (Lipinski definition) is 1. The molecule has 0 amide bonds. The summed E-state index contributed by atoms with van der Waals surface area (Å²) >= 11 is 9.52. The van der Waals surface area contributed by atoms with Crippen LogP contribution in [0.25, 0.3) is 10.2 Å². The van der Waals surface area contributed by atoms with E-state index in [-0.39, 0.29) is 0 Å². The van der Waals surface area contributed by atoms with Gasteiger partial charge in [0, 0.05) is 14.8 Å². The molecule has 0 unspecified atom stereocenters. The molecule has 4 aromatic rings. The lowest BCUT2D eigenvalue weighted by atomic mass is 10.2. The first-order valence-electron chi connectivity index (χ1n) is 9.81. The van der Waals surface area contributed by atoms with Crippen LogP contribution in [0.5, 0.6) is 5.75 Å². The van der Waals surface area contributed by atoms with Gasteiger partial charge in [0.1, 0.15) is 22.2 Å². The maximum absolute atomic E-state index is 6.00. The molecule has 5 rings (SSSR count). The minimum atomic E-state index is 0.695. The van der Waals surface area contributed by atoms with Gasteiger partial charge in [-0.2, -0.15) is 0 Å². The van der Waals surface area contributed by atoms with Crippen molar-refractivity contribution < 1.29 is 4.74 Å². The second-order valence-corrected chi connectivity index (χ2v) is 9.66. The van der Waals surface area contributed by atoms with Crippen LogP contribution >= 0.6 is 34.7 Å². The summed E-state index contributed by atoms with van der Waals surface area (Å²) in [5, 5.41) is 5.44. The Morgan fingerprint density at radius 2 is 1.93 bits per heavy atom. The molecule has 4 nitrogen and oxygen atoms in total. The summed E-state index contributed by atoms with van der Waals surface area (Å²) in [6.45, 7) is 0. The standard InChI is InChI=1S/C23H20ClN3OS2/c1-28-18-7-3-2-6-17(18)25-22-21-16-5-4-8-19(16)30-23(21)27-20(26-22)13-29-15-11-9-14(24)10-12-15/h2-3,6-7,9-12H,4-5,8,13H2,1H3,(H,25,26,27). The molecule has 30 heavy (non-hydrogen) atoms.